The van der Waals surface area contributed by atoms with Crippen LogP contribution in [0.2, 0.25) is 10.0 Å². The van der Waals surface area contributed by atoms with Crippen molar-refractivity contribution in [2.45, 2.75) is 18.9 Å². The van der Waals surface area contributed by atoms with Crippen molar-refractivity contribution in [1.29, 1.82) is 0 Å². The lowest BCUT2D eigenvalue weighted by Crippen LogP contribution is -2.33. The molecule has 16 heavy (non-hydrogen) atoms. The molecule has 1 heterocycles. The Morgan fingerprint density at radius 1 is 1.31 bits per heavy atom. The van der Waals surface area contributed by atoms with Gasteiger partial charge in [-0.3, -0.25) is 0 Å². The van der Waals surface area contributed by atoms with Crippen LogP contribution < -0.4 is 0 Å². The molecule has 4 heteroatoms. The van der Waals surface area contributed by atoms with Crippen LogP contribution in [0, 0.1) is 5.92 Å². The van der Waals surface area contributed by atoms with Crippen LogP contribution in [-0.2, 0) is 11.2 Å². The summed E-state index contributed by atoms with van der Waals surface area (Å²) >= 11 is 12.2. The zero-order valence-electron chi connectivity index (χ0n) is 8.83. The number of hydrogen-bond donors (Lipinski definition) is 1. The van der Waals surface area contributed by atoms with E-state index in [0.29, 0.717) is 36.1 Å². The molecule has 0 aromatic heterocycles. The van der Waals surface area contributed by atoms with Gasteiger partial charge in [-0.25, -0.2) is 0 Å². The lowest BCUT2D eigenvalue weighted by molar-refractivity contribution is -0.0350. The number of halogens is 2. The van der Waals surface area contributed by atoms with Crippen molar-refractivity contribution in [3.8, 4) is 0 Å². The second-order valence-electron chi connectivity index (χ2n) is 4.10. The molecule has 2 rings (SSSR count). The summed E-state index contributed by atoms with van der Waals surface area (Å²) in [6.45, 7) is 1.20. The molecule has 0 spiro atoms. The maximum absolute atomic E-state index is 9.85. The Hall–Kier alpha value is -0.280. The molecule has 1 aliphatic rings. The van der Waals surface area contributed by atoms with E-state index in [9.17, 15) is 5.11 Å². The van der Waals surface area contributed by atoms with E-state index >= 15 is 0 Å². The largest absolute Gasteiger partial charge is 0.393 e. The van der Waals surface area contributed by atoms with Gasteiger partial charge < -0.3 is 9.84 Å². The average Bonchev–Trinajstić information content (AvgIpc) is 2.26. The molecular weight excluding hydrogens is 247 g/mol. The highest BCUT2D eigenvalue weighted by molar-refractivity contribution is 6.35. The molecule has 0 aliphatic carbocycles. The molecule has 0 unspecified atom stereocenters. The zero-order valence-corrected chi connectivity index (χ0v) is 10.3. The minimum Gasteiger partial charge on any atom is -0.393 e. The van der Waals surface area contributed by atoms with Gasteiger partial charge in [-0.1, -0.05) is 29.3 Å². The second-order valence-corrected chi connectivity index (χ2v) is 4.91. The van der Waals surface area contributed by atoms with Crippen LogP contribution in [0.1, 0.15) is 12.0 Å². The molecule has 0 amide bonds. The molecule has 2 nitrogen and oxygen atoms in total. The van der Waals surface area contributed by atoms with Crippen LogP contribution in [0.3, 0.4) is 0 Å². The van der Waals surface area contributed by atoms with Crippen LogP contribution in [-0.4, -0.2) is 24.4 Å². The van der Waals surface area contributed by atoms with Crippen LogP contribution in [0.25, 0.3) is 0 Å². The normalized spacial score (nSPS) is 25.7. The predicted octanol–water partition coefficient (Wildman–Crippen LogP) is 2.93. The second kappa shape index (κ2) is 5.37. The predicted molar refractivity (Wildman–Crippen MR) is 65.1 cm³/mol. The first kappa shape index (κ1) is 12.2. The number of benzene rings is 1. The highest BCUT2D eigenvalue weighted by Gasteiger charge is 2.25. The highest BCUT2D eigenvalue weighted by Crippen LogP contribution is 2.29. The summed E-state index contributed by atoms with van der Waals surface area (Å²) < 4.78 is 5.36. The van der Waals surface area contributed by atoms with Gasteiger partial charge in [0.2, 0.25) is 0 Å². The van der Waals surface area contributed by atoms with E-state index in [1.54, 1.807) is 0 Å². The Kier molecular flexibility index (Phi) is 4.09. The van der Waals surface area contributed by atoms with Gasteiger partial charge in [0.05, 0.1) is 12.7 Å². The first-order valence-electron chi connectivity index (χ1n) is 5.37. The van der Waals surface area contributed by atoms with Crippen LogP contribution in [0.15, 0.2) is 18.2 Å². The molecule has 0 radical (unpaired) electrons. The molecule has 1 saturated heterocycles. The quantitative estimate of drug-likeness (QED) is 0.886. The van der Waals surface area contributed by atoms with E-state index in [0.717, 1.165) is 5.56 Å². The summed E-state index contributed by atoms with van der Waals surface area (Å²) in [7, 11) is 0. The van der Waals surface area contributed by atoms with E-state index in [1.165, 1.54) is 0 Å². The van der Waals surface area contributed by atoms with E-state index in [4.69, 9.17) is 27.9 Å². The van der Waals surface area contributed by atoms with E-state index in [1.807, 2.05) is 18.2 Å². The fraction of sp³-hybridized carbons (Fsp3) is 0.500. The number of ether oxygens (including phenoxy) is 1. The van der Waals surface area contributed by atoms with E-state index in [2.05, 4.69) is 0 Å². The van der Waals surface area contributed by atoms with Crippen LogP contribution in [0.5, 0.6) is 0 Å². The van der Waals surface area contributed by atoms with Crippen molar-refractivity contribution in [3.63, 3.8) is 0 Å². The summed E-state index contributed by atoms with van der Waals surface area (Å²) in [5.74, 6) is 0.0890. The van der Waals surface area contributed by atoms with Gasteiger partial charge in [-0.2, -0.15) is 0 Å². The Labute approximate surface area is 105 Å². The van der Waals surface area contributed by atoms with Gasteiger partial charge in [0.1, 0.15) is 0 Å². The first-order chi connectivity index (χ1) is 7.68. The monoisotopic (exact) mass is 260 g/mol. The van der Waals surface area contributed by atoms with Crippen molar-refractivity contribution < 1.29 is 9.84 Å². The highest BCUT2D eigenvalue weighted by atomic mass is 35.5. The minimum absolute atomic E-state index is 0.0890. The molecule has 2 atom stereocenters. The molecular formula is C12H14Cl2O2. The van der Waals surface area contributed by atoms with Crippen molar-refractivity contribution in [3.05, 3.63) is 33.8 Å². The molecule has 1 N–H and O–H groups in total. The molecule has 1 aromatic rings. The number of rotatable bonds is 2. The Morgan fingerprint density at radius 2 is 2.00 bits per heavy atom. The van der Waals surface area contributed by atoms with Gasteiger partial charge >= 0.3 is 0 Å². The van der Waals surface area contributed by atoms with Gasteiger partial charge in [0.15, 0.2) is 0 Å². The lowest BCUT2D eigenvalue weighted by Gasteiger charge is -2.28. The third-order valence-electron chi connectivity index (χ3n) is 2.96. The van der Waals surface area contributed by atoms with Crippen molar-refractivity contribution in [1.82, 2.24) is 0 Å². The maximum Gasteiger partial charge on any atom is 0.0615 e. The third kappa shape index (κ3) is 2.69. The SMILES string of the molecule is O[C@@H]1CCOC[C@@H]1Cc1c(Cl)cccc1Cl. The fourth-order valence-corrected chi connectivity index (χ4v) is 2.52. The van der Waals surface area contributed by atoms with Crippen molar-refractivity contribution >= 4 is 23.2 Å². The maximum atomic E-state index is 9.85. The topological polar surface area (TPSA) is 29.5 Å². The summed E-state index contributed by atoms with van der Waals surface area (Å²) in [6.07, 6.45) is 1.04. The molecule has 1 aromatic carbocycles. The summed E-state index contributed by atoms with van der Waals surface area (Å²) in [5.41, 5.74) is 0.903. The zero-order chi connectivity index (χ0) is 11.5. The van der Waals surface area contributed by atoms with Crippen molar-refractivity contribution in [2.75, 3.05) is 13.2 Å². The smallest absolute Gasteiger partial charge is 0.0615 e. The Morgan fingerprint density at radius 3 is 2.62 bits per heavy atom. The fourth-order valence-electron chi connectivity index (χ4n) is 1.97. The number of aliphatic hydroxyl groups is 1. The summed E-state index contributed by atoms with van der Waals surface area (Å²) in [6, 6.07) is 5.46. The Bertz CT molecular complexity index is 348. The third-order valence-corrected chi connectivity index (χ3v) is 3.67. The van der Waals surface area contributed by atoms with Gasteiger partial charge in [0, 0.05) is 22.6 Å². The average molecular weight is 261 g/mol. The van der Waals surface area contributed by atoms with Crippen LogP contribution in [0.4, 0.5) is 0 Å². The summed E-state index contributed by atoms with van der Waals surface area (Å²) in [5, 5.41) is 11.2. The molecule has 1 fully saturated rings. The first-order valence-corrected chi connectivity index (χ1v) is 6.13. The van der Waals surface area contributed by atoms with Gasteiger partial charge in [-0.05, 0) is 30.5 Å². The van der Waals surface area contributed by atoms with Gasteiger partial charge in [-0.15, -0.1) is 0 Å². The molecule has 88 valence electrons. The van der Waals surface area contributed by atoms with E-state index in [-0.39, 0.29) is 12.0 Å². The van der Waals surface area contributed by atoms with Crippen LogP contribution >= 0.6 is 23.2 Å². The summed E-state index contributed by atoms with van der Waals surface area (Å²) in [4.78, 5) is 0. The minimum atomic E-state index is -0.318. The number of hydrogen-bond acceptors (Lipinski definition) is 2. The molecule has 0 saturated carbocycles. The molecule has 1 aliphatic heterocycles. The Balaban J connectivity index is 2.13. The lowest BCUT2D eigenvalue weighted by atomic mass is 9.91. The van der Waals surface area contributed by atoms with Crippen molar-refractivity contribution in [2.24, 2.45) is 5.92 Å². The van der Waals surface area contributed by atoms with E-state index < -0.39 is 0 Å². The molecule has 0 bridgehead atoms. The van der Waals surface area contributed by atoms with Gasteiger partial charge in [0.25, 0.3) is 0 Å². The standard InChI is InChI=1S/C12H14Cl2O2/c13-10-2-1-3-11(14)9(10)6-8-7-16-5-4-12(8)15/h1-3,8,12,15H,4-7H2/t8-,12+/m0/s1. The number of aliphatic hydroxyl groups excluding tert-OH is 1.